The number of fused-ring (bicyclic) bond motifs is 1. The zero-order valence-electron chi connectivity index (χ0n) is 10.5. The first-order valence-corrected chi connectivity index (χ1v) is 5.97. The van der Waals surface area contributed by atoms with Crippen molar-refractivity contribution in [2.75, 3.05) is 13.2 Å². The van der Waals surface area contributed by atoms with Crippen LogP contribution in [0.2, 0.25) is 0 Å². The second-order valence-electron chi connectivity index (χ2n) is 4.57. The van der Waals surface area contributed by atoms with Gasteiger partial charge in [-0.25, -0.2) is 0 Å². The van der Waals surface area contributed by atoms with E-state index in [2.05, 4.69) is 6.07 Å². The van der Waals surface area contributed by atoms with Gasteiger partial charge in [-0.2, -0.15) is 5.26 Å². The van der Waals surface area contributed by atoms with Crippen LogP contribution in [0.4, 0.5) is 0 Å². The van der Waals surface area contributed by atoms with Gasteiger partial charge in [0, 0.05) is 5.56 Å². The van der Waals surface area contributed by atoms with Crippen LogP contribution in [-0.2, 0) is 0 Å². The molecular formula is C14H15NO3. The molecule has 4 nitrogen and oxygen atoms in total. The summed E-state index contributed by atoms with van der Waals surface area (Å²) in [7, 11) is 0. The third-order valence-electron chi connectivity index (χ3n) is 2.91. The summed E-state index contributed by atoms with van der Waals surface area (Å²) in [4.78, 5) is 12.2. The highest BCUT2D eigenvalue weighted by Crippen LogP contribution is 2.31. The fourth-order valence-corrected chi connectivity index (χ4v) is 1.89. The Labute approximate surface area is 106 Å². The summed E-state index contributed by atoms with van der Waals surface area (Å²) in [5, 5.41) is 9.04. The molecule has 1 aromatic rings. The summed E-state index contributed by atoms with van der Waals surface area (Å²) in [5.74, 6) is 0.441. The van der Waals surface area contributed by atoms with Gasteiger partial charge in [0.25, 0.3) is 0 Å². The smallest absolute Gasteiger partial charge is 0.180 e. The Morgan fingerprint density at radius 2 is 1.94 bits per heavy atom. The van der Waals surface area contributed by atoms with Crippen molar-refractivity contribution in [3.63, 3.8) is 0 Å². The largest absolute Gasteiger partial charge is 0.486 e. The summed E-state index contributed by atoms with van der Waals surface area (Å²) < 4.78 is 10.8. The summed E-state index contributed by atoms with van der Waals surface area (Å²) >= 11 is 0. The van der Waals surface area contributed by atoms with E-state index in [0.717, 1.165) is 0 Å². The van der Waals surface area contributed by atoms with Crippen molar-refractivity contribution in [2.45, 2.75) is 13.8 Å². The minimum Gasteiger partial charge on any atom is -0.486 e. The molecule has 0 saturated heterocycles. The molecule has 4 heteroatoms. The van der Waals surface area contributed by atoms with E-state index in [1.54, 1.807) is 18.2 Å². The molecule has 0 radical (unpaired) electrons. The Kier molecular flexibility index (Phi) is 3.52. The number of benzene rings is 1. The predicted molar refractivity (Wildman–Crippen MR) is 65.7 cm³/mol. The Morgan fingerprint density at radius 3 is 2.56 bits per heavy atom. The van der Waals surface area contributed by atoms with E-state index in [-0.39, 0.29) is 11.7 Å². The molecule has 1 heterocycles. The lowest BCUT2D eigenvalue weighted by atomic mass is 9.89. The summed E-state index contributed by atoms with van der Waals surface area (Å²) in [5.41, 5.74) is 0.500. The van der Waals surface area contributed by atoms with Crippen LogP contribution in [0.5, 0.6) is 11.5 Å². The molecule has 1 aromatic carbocycles. The van der Waals surface area contributed by atoms with Crippen LogP contribution in [0.3, 0.4) is 0 Å². The number of hydrogen-bond acceptors (Lipinski definition) is 4. The molecule has 0 N–H and O–H groups in total. The van der Waals surface area contributed by atoms with Crippen molar-refractivity contribution in [1.29, 1.82) is 5.26 Å². The number of nitrogens with zero attached hydrogens (tertiary/aromatic N) is 1. The SMILES string of the molecule is CC(C)C(C#N)C(=O)c1ccc2c(c1)OCCO2. The normalized spacial score (nSPS) is 15.0. The van der Waals surface area contributed by atoms with Crippen molar-refractivity contribution < 1.29 is 14.3 Å². The van der Waals surface area contributed by atoms with E-state index < -0.39 is 5.92 Å². The standard InChI is InChI=1S/C14H15NO3/c1-9(2)11(8-15)14(16)10-3-4-12-13(7-10)18-6-5-17-12/h3-4,7,9,11H,5-6H2,1-2H3. The Hall–Kier alpha value is -2.02. The lowest BCUT2D eigenvalue weighted by Crippen LogP contribution is -2.20. The molecule has 1 aliphatic rings. The first-order valence-electron chi connectivity index (χ1n) is 5.97. The Balaban J connectivity index is 2.29. The Morgan fingerprint density at radius 1 is 1.28 bits per heavy atom. The van der Waals surface area contributed by atoms with Crippen molar-refractivity contribution >= 4 is 5.78 Å². The molecule has 0 bridgehead atoms. The molecule has 0 aliphatic carbocycles. The van der Waals surface area contributed by atoms with Gasteiger partial charge < -0.3 is 9.47 Å². The summed E-state index contributed by atoms with van der Waals surface area (Å²) in [6.07, 6.45) is 0. The van der Waals surface area contributed by atoms with Crippen LogP contribution in [0.15, 0.2) is 18.2 Å². The van der Waals surface area contributed by atoms with Gasteiger partial charge in [0.05, 0.1) is 6.07 Å². The van der Waals surface area contributed by atoms with Crippen molar-refractivity contribution in [3.05, 3.63) is 23.8 Å². The van der Waals surface area contributed by atoms with Gasteiger partial charge in [-0.3, -0.25) is 4.79 Å². The lowest BCUT2D eigenvalue weighted by molar-refractivity contribution is 0.0923. The van der Waals surface area contributed by atoms with Gasteiger partial charge in [0.1, 0.15) is 19.1 Å². The fraction of sp³-hybridized carbons (Fsp3) is 0.429. The Bertz CT molecular complexity index is 502. The van der Waals surface area contributed by atoms with Gasteiger partial charge >= 0.3 is 0 Å². The summed E-state index contributed by atoms with van der Waals surface area (Å²) in [6, 6.07) is 7.12. The van der Waals surface area contributed by atoms with Gasteiger partial charge in [0.2, 0.25) is 0 Å². The summed E-state index contributed by atoms with van der Waals surface area (Å²) in [6.45, 7) is 4.73. The molecule has 2 rings (SSSR count). The molecule has 0 saturated carbocycles. The molecule has 0 spiro atoms. The predicted octanol–water partition coefficient (Wildman–Crippen LogP) is 2.44. The van der Waals surface area contributed by atoms with Gasteiger partial charge in [-0.1, -0.05) is 13.8 Å². The van der Waals surface area contributed by atoms with Crippen molar-refractivity contribution in [3.8, 4) is 17.6 Å². The number of carbonyl (C=O) groups is 1. The second kappa shape index (κ2) is 5.09. The number of ketones is 1. The number of carbonyl (C=O) groups excluding carboxylic acids is 1. The first kappa shape index (κ1) is 12.4. The third kappa shape index (κ3) is 2.30. The van der Waals surface area contributed by atoms with Crippen LogP contribution in [0, 0.1) is 23.2 Å². The zero-order chi connectivity index (χ0) is 13.1. The maximum Gasteiger partial charge on any atom is 0.180 e. The molecule has 94 valence electrons. The quantitative estimate of drug-likeness (QED) is 0.767. The number of hydrogen-bond donors (Lipinski definition) is 0. The van der Waals surface area contributed by atoms with Crippen LogP contribution in [0.1, 0.15) is 24.2 Å². The fourth-order valence-electron chi connectivity index (χ4n) is 1.89. The molecule has 0 aromatic heterocycles. The third-order valence-corrected chi connectivity index (χ3v) is 2.91. The van der Waals surface area contributed by atoms with E-state index in [1.807, 2.05) is 13.8 Å². The van der Waals surface area contributed by atoms with E-state index in [1.165, 1.54) is 0 Å². The molecular weight excluding hydrogens is 230 g/mol. The number of Topliss-reactive ketones (excluding diaryl/α,β-unsaturated/α-hetero) is 1. The van der Waals surface area contributed by atoms with Crippen LogP contribution >= 0.6 is 0 Å². The maximum absolute atomic E-state index is 12.2. The van der Waals surface area contributed by atoms with E-state index in [0.29, 0.717) is 30.3 Å². The first-order chi connectivity index (χ1) is 8.63. The van der Waals surface area contributed by atoms with Gasteiger partial charge in [-0.05, 0) is 24.1 Å². The average molecular weight is 245 g/mol. The van der Waals surface area contributed by atoms with Crippen molar-refractivity contribution in [1.82, 2.24) is 0 Å². The number of rotatable bonds is 3. The highest BCUT2D eigenvalue weighted by atomic mass is 16.6. The minimum atomic E-state index is -0.618. The topological polar surface area (TPSA) is 59.3 Å². The van der Waals surface area contributed by atoms with Crippen LogP contribution in [-0.4, -0.2) is 19.0 Å². The van der Waals surface area contributed by atoms with Gasteiger partial charge in [0.15, 0.2) is 17.3 Å². The molecule has 0 fully saturated rings. The van der Waals surface area contributed by atoms with E-state index in [4.69, 9.17) is 14.7 Å². The lowest BCUT2D eigenvalue weighted by Gasteiger charge is -2.19. The van der Waals surface area contributed by atoms with Gasteiger partial charge in [-0.15, -0.1) is 0 Å². The van der Waals surface area contributed by atoms with Crippen molar-refractivity contribution in [2.24, 2.45) is 11.8 Å². The number of ether oxygens (including phenoxy) is 2. The van der Waals surface area contributed by atoms with Crippen LogP contribution in [0.25, 0.3) is 0 Å². The van der Waals surface area contributed by atoms with Crippen LogP contribution < -0.4 is 9.47 Å². The van der Waals surface area contributed by atoms with E-state index >= 15 is 0 Å². The zero-order valence-corrected chi connectivity index (χ0v) is 10.5. The number of nitriles is 1. The highest BCUT2D eigenvalue weighted by Gasteiger charge is 2.24. The molecule has 1 unspecified atom stereocenters. The molecule has 1 atom stereocenters. The molecule has 1 aliphatic heterocycles. The average Bonchev–Trinajstić information content (AvgIpc) is 2.38. The van der Waals surface area contributed by atoms with E-state index in [9.17, 15) is 4.79 Å². The minimum absolute atomic E-state index is 0.00398. The second-order valence-corrected chi connectivity index (χ2v) is 4.57. The highest BCUT2D eigenvalue weighted by molar-refractivity contribution is 6.00. The molecule has 18 heavy (non-hydrogen) atoms. The maximum atomic E-state index is 12.2. The molecule has 0 amide bonds. The monoisotopic (exact) mass is 245 g/mol.